The lowest BCUT2D eigenvalue weighted by molar-refractivity contribution is -0.124. The van der Waals surface area contributed by atoms with Crippen molar-refractivity contribution < 1.29 is 4.79 Å². The molecule has 48 valence electrons. The summed E-state index contributed by atoms with van der Waals surface area (Å²) in [6, 6.07) is 0.271. The van der Waals surface area contributed by atoms with Crippen LogP contribution in [0.25, 0.3) is 0 Å². The first-order valence-electron chi connectivity index (χ1n) is 2.24. The number of hydrogen-bond acceptors (Lipinski definition) is 1. The van der Waals surface area contributed by atoms with E-state index in [9.17, 15) is 4.79 Å². The predicted octanol–water partition coefficient (Wildman–Crippen LogP) is 1.77. The molecule has 0 aliphatic rings. The van der Waals surface area contributed by atoms with Crippen LogP contribution >= 0.6 is 34.5 Å². The highest BCUT2D eigenvalue weighted by Crippen LogP contribution is 2.02. The maximum absolute atomic E-state index is 10.6. The summed E-state index contributed by atoms with van der Waals surface area (Å²) in [6.07, 6.45) is 0.523. The van der Waals surface area contributed by atoms with Crippen LogP contribution in [-0.4, -0.2) is 15.0 Å². The smallest absolute Gasteiger partial charge is 0.232 e. The Kier molecular flexibility index (Phi) is 4.64. The number of halogens is 2. The van der Waals surface area contributed by atoms with Gasteiger partial charge in [0.05, 0.1) is 22.9 Å². The van der Waals surface area contributed by atoms with Gasteiger partial charge in [-0.05, 0) is 0 Å². The summed E-state index contributed by atoms with van der Waals surface area (Å²) in [5, 5.41) is 0. The van der Waals surface area contributed by atoms with Crippen LogP contribution in [0, 0.1) is 0 Å². The Hall–Kier alpha value is 0.490. The summed E-state index contributed by atoms with van der Waals surface area (Å²) in [5.41, 5.74) is 0. The van der Waals surface area contributed by atoms with Crippen LogP contribution in [0.1, 0.15) is 13.3 Å². The van der Waals surface area contributed by atoms with Gasteiger partial charge in [-0.1, -0.05) is 6.92 Å². The van der Waals surface area contributed by atoms with Crippen LogP contribution in [0.4, 0.5) is 0 Å². The van der Waals surface area contributed by atoms with E-state index in [1.165, 1.54) is 3.11 Å². The first-order valence-corrected chi connectivity index (χ1v) is 3.74. The lowest BCUT2D eigenvalue weighted by Crippen LogP contribution is -2.17. The van der Waals surface area contributed by atoms with E-state index < -0.39 is 0 Å². The quantitative estimate of drug-likeness (QED) is 0.315. The number of rotatable bonds is 2. The van der Waals surface area contributed by atoms with Gasteiger partial charge in [0.25, 0.3) is 0 Å². The van der Waals surface area contributed by atoms with E-state index in [-0.39, 0.29) is 11.9 Å². The third-order valence-electron chi connectivity index (χ3n) is 0.678. The summed E-state index contributed by atoms with van der Waals surface area (Å²) < 4.78 is 1.44. The van der Waals surface area contributed by atoms with Crippen LogP contribution in [0.3, 0.4) is 0 Å². The highest BCUT2D eigenvalue weighted by Gasteiger charge is 2.03. The molecule has 0 rings (SSSR count). The van der Waals surface area contributed by atoms with Gasteiger partial charge in [-0.15, -0.1) is 11.6 Å². The summed E-state index contributed by atoms with van der Waals surface area (Å²) in [7, 11) is 0. The fraction of sp³-hybridized carbons (Fsp3) is 0.750. The van der Waals surface area contributed by atoms with Crippen LogP contribution in [-0.2, 0) is 4.79 Å². The van der Waals surface area contributed by atoms with Gasteiger partial charge < -0.3 is 0 Å². The molecule has 0 aromatic heterocycles. The normalized spacial score (nSPS) is 8.88. The number of nitrogens with zero attached hydrogens (tertiary/aromatic N) is 1. The molecule has 0 spiro atoms. The lowest BCUT2D eigenvalue weighted by atomic mass is 10.5. The maximum Gasteiger partial charge on any atom is 0.232 e. The topological polar surface area (TPSA) is 20.3 Å². The molecule has 8 heavy (non-hydrogen) atoms. The molecular formula is C4H7ClINO. The first-order chi connectivity index (χ1) is 3.72. The van der Waals surface area contributed by atoms with Crippen LogP contribution in [0.5, 0.6) is 0 Å². The predicted molar refractivity (Wildman–Crippen MR) is 41.9 cm³/mol. The van der Waals surface area contributed by atoms with Gasteiger partial charge in [-0.3, -0.25) is 7.91 Å². The molecule has 0 bridgehead atoms. The summed E-state index contributed by atoms with van der Waals surface area (Å²) in [6.45, 7) is 1.81. The van der Waals surface area contributed by atoms with Crippen molar-refractivity contribution in [3.63, 3.8) is 0 Å². The minimum Gasteiger partial charge on any atom is -0.274 e. The molecule has 0 aliphatic heterocycles. The van der Waals surface area contributed by atoms with Crippen LogP contribution in [0.2, 0.25) is 0 Å². The summed E-state index contributed by atoms with van der Waals surface area (Å²) in [5.74, 6) is 0.0700. The second-order valence-corrected chi connectivity index (χ2v) is 2.63. The molecule has 1 amide bonds. The zero-order chi connectivity index (χ0) is 6.57. The average Bonchev–Trinajstić information content (AvgIpc) is 1.84. The molecule has 0 atom stereocenters. The summed E-state index contributed by atoms with van der Waals surface area (Å²) >= 11 is 7.21. The molecule has 0 fully saturated rings. The van der Waals surface area contributed by atoms with Gasteiger partial charge in [0, 0.05) is 6.42 Å². The number of carbonyl (C=O) groups excluding carboxylic acids is 1. The van der Waals surface area contributed by atoms with Crippen molar-refractivity contribution in [2.24, 2.45) is 0 Å². The van der Waals surface area contributed by atoms with Crippen molar-refractivity contribution >= 4 is 40.4 Å². The van der Waals surface area contributed by atoms with E-state index in [0.29, 0.717) is 6.42 Å². The molecule has 0 heterocycles. The zero-order valence-corrected chi connectivity index (χ0v) is 7.44. The Labute approximate surface area is 67.7 Å². The Morgan fingerprint density at radius 3 is 2.50 bits per heavy atom. The van der Waals surface area contributed by atoms with E-state index in [0.717, 1.165) is 0 Å². The van der Waals surface area contributed by atoms with E-state index >= 15 is 0 Å². The fourth-order valence-corrected chi connectivity index (χ4v) is 0.713. The molecule has 0 aromatic rings. The van der Waals surface area contributed by atoms with Gasteiger partial charge in [0.15, 0.2) is 0 Å². The van der Waals surface area contributed by atoms with Crippen LogP contribution < -0.4 is 0 Å². The van der Waals surface area contributed by atoms with E-state index in [1.54, 1.807) is 6.92 Å². The number of hydrogen-bond donors (Lipinski definition) is 0. The second-order valence-electron chi connectivity index (χ2n) is 1.23. The molecule has 0 aliphatic carbocycles. The fourth-order valence-electron chi connectivity index (χ4n) is 0.238. The van der Waals surface area contributed by atoms with Gasteiger partial charge in [0.1, 0.15) is 6.00 Å². The molecule has 0 N–H and O–H groups in total. The third kappa shape index (κ3) is 2.71. The highest BCUT2D eigenvalue weighted by molar-refractivity contribution is 14.1. The molecule has 0 saturated carbocycles. The third-order valence-corrected chi connectivity index (χ3v) is 2.20. The van der Waals surface area contributed by atoms with Crippen molar-refractivity contribution in [1.82, 2.24) is 3.11 Å². The molecule has 0 aromatic carbocycles. The van der Waals surface area contributed by atoms with Crippen molar-refractivity contribution in [2.45, 2.75) is 13.3 Å². The lowest BCUT2D eigenvalue weighted by Gasteiger charge is -2.06. The standard InChI is InChI=1S/C4H7ClINO/c1-2-4(8)7(6)3-5/h2-3H2,1H3. The van der Waals surface area contributed by atoms with Crippen molar-refractivity contribution in [3.05, 3.63) is 0 Å². The van der Waals surface area contributed by atoms with Crippen molar-refractivity contribution in [2.75, 3.05) is 6.00 Å². The van der Waals surface area contributed by atoms with E-state index in [2.05, 4.69) is 0 Å². The summed E-state index contributed by atoms with van der Waals surface area (Å²) in [4.78, 5) is 10.6. The number of amides is 1. The Balaban J connectivity index is 3.46. The largest absolute Gasteiger partial charge is 0.274 e. The highest BCUT2D eigenvalue weighted by atomic mass is 127. The van der Waals surface area contributed by atoms with Gasteiger partial charge in [-0.2, -0.15) is 0 Å². The minimum atomic E-state index is 0.0700. The minimum absolute atomic E-state index is 0.0700. The molecule has 0 unspecified atom stereocenters. The average molecular weight is 247 g/mol. The first kappa shape index (κ1) is 8.49. The van der Waals surface area contributed by atoms with Gasteiger partial charge in [0.2, 0.25) is 5.91 Å². The molecular weight excluding hydrogens is 240 g/mol. The zero-order valence-electron chi connectivity index (χ0n) is 4.53. The Morgan fingerprint density at radius 2 is 2.38 bits per heavy atom. The molecule has 4 heteroatoms. The SMILES string of the molecule is CCC(=O)N(I)CCl. The van der Waals surface area contributed by atoms with E-state index in [1.807, 2.05) is 22.9 Å². The Morgan fingerprint density at radius 1 is 1.88 bits per heavy atom. The number of carbonyl (C=O) groups is 1. The van der Waals surface area contributed by atoms with Crippen molar-refractivity contribution in [3.8, 4) is 0 Å². The Bertz CT molecular complexity index is 88.1. The van der Waals surface area contributed by atoms with Gasteiger partial charge in [-0.25, -0.2) is 0 Å². The molecule has 0 saturated heterocycles. The molecule has 2 nitrogen and oxygen atoms in total. The number of alkyl halides is 1. The second kappa shape index (κ2) is 4.38. The van der Waals surface area contributed by atoms with E-state index in [4.69, 9.17) is 11.6 Å². The molecule has 0 radical (unpaired) electrons. The van der Waals surface area contributed by atoms with Crippen LogP contribution in [0.15, 0.2) is 0 Å². The van der Waals surface area contributed by atoms with Crippen molar-refractivity contribution in [1.29, 1.82) is 0 Å². The van der Waals surface area contributed by atoms with Gasteiger partial charge >= 0.3 is 0 Å². The maximum atomic E-state index is 10.6. The monoisotopic (exact) mass is 247 g/mol.